The van der Waals surface area contributed by atoms with Gasteiger partial charge in [-0.05, 0) is 59.3 Å². The molecule has 118 valence electrons. The van der Waals surface area contributed by atoms with E-state index in [4.69, 9.17) is 12.3 Å². The van der Waals surface area contributed by atoms with Gasteiger partial charge in [0.05, 0.1) is 0 Å². The van der Waals surface area contributed by atoms with Crippen molar-refractivity contribution in [3.05, 3.63) is 24.1 Å². The van der Waals surface area contributed by atoms with Crippen molar-refractivity contribution in [1.29, 1.82) is 0 Å². The van der Waals surface area contributed by atoms with Gasteiger partial charge in [-0.2, -0.15) is 0 Å². The Balaban J connectivity index is 4.94. The molecule has 0 aliphatic carbocycles. The summed E-state index contributed by atoms with van der Waals surface area (Å²) in [5.41, 5.74) is 4.10. The van der Waals surface area contributed by atoms with Gasteiger partial charge in [0.1, 0.15) is 0 Å². The normalized spacial score (nSPS) is 17.2. The van der Waals surface area contributed by atoms with Crippen molar-refractivity contribution in [2.24, 2.45) is 0 Å². The molecular weight excluding hydrogens is 316 g/mol. The molecule has 0 aliphatic heterocycles. The van der Waals surface area contributed by atoms with Gasteiger partial charge in [0, 0.05) is 0 Å². The molecule has 0 bridgehead atoms. The highest BCUT2D eigenvalue weighted by Gasteiger charge is 2.42. The van der Waals surface area contributed by atoms with Crippen LogP contribution >= 0.6 is 0 Å². The van der Waals surface area contributed by atoms with E-state index in [1.165, 1.54) is 0 Å². The van der Waals surface area contributed by atoms with Crippen molar-refractivity contribution >= 4 is 33.8 Å². The highest BCUT2D eigenvalue weighted by Crippen LogP contribution is 2.24. The van der Waals surface area contributed by atoms with Crippen molar-refractivity contribution in [2.75, 3.05) is 0 Å². The maximum absolute atomic E-state index is 6.39. The molecule has 0 rings (SSSR count). The zero-order chi connectivity index (χ0) is 16.2. The summed E-state index contributed by atoms with van der Waals surface area (Å²) < 4.78 is 19.0. The van der Waals surface area contributed by atoms with E-state index >= 15 is 0 Å². The third kappa shape index (κ3) is 8.50. The summed E-state index contributed by atoms with van der Waals surface area (Å²) in [7, 11) is -7.99. The van der Waals surface area contributed by atoms with Gasteiger partial charge in [-0.25, -0.2) is 0 Å². The van der Waals surface area contributed by atoms with E-state index in [0.717, 1.165) is 0 Å². The Morgan fingerprint density at radius 3 is 1.55 bits per heavy atom. The van der Waals surface area contributed by atoms with Crippen LogP contribution in [0.25, 0.3) is 0 Å². The Hall–Kier alpha value is 0.228. The van der Waals surface area contributed by atoms with Gasteiger partial charge in [-0.1, -0.05) is 17.5 Å². The zero-order valence-corrected chi connectivity index (χ0v) is 18.7. The Morgan fingerprint density at radius 1 is 0.750 bits per heavy atom. The number of allylic oxidation sites excluding steroid dienone is 1. The minimum absolute atomic E-state index is 1.59. The second-order valence-electron chi connectivity index (χ2n) is 7.11. The van der Waals surface area contributed by atoms with Crippen LogP contribution in [0.2, 0.25) is 52.4 Å². The molecule has 0 fully saturated rings. The smallest absolute Gasteiger partial charge is 0.313 e. The third-order valence-electron chi connectivity index (χ3n) is 2.41. The largest absolute Gasteiger partial charge is 0.437 e. The first-order valence-electron chi connectivity index (χ1n) is 7.12. The minimum atomic E-state index is -2.23. The number of hydrogen-bond donors (Lipinski definition) is 0. The summed E-state index contributed by atoms with van der Waals surface area (Å²) in [4.78, 5) is 0. The zero-order valence-electron chi connectivity index (χ0n) is 14.7. The van der Waals surface area contributed by atoms with E-state index in [-0.39, 0.29) is 0 Å². The first-order chi connectivity index (χ1) is 8.74. The van der Waals surface area contributed by atoms with E-state index in [9.17, 15) is 0 Å². The van der Waals surface area contributed by atoms with Crippen LogP contribution in [0, 0.1) is 0 Å². The van der Waals surface area contributed by atoms with Crippen molar-refractivity contribution in [2.45, 2.75) is 59.3 Å². The Bertz CT molecular complexity index is 361. The summed E-state index contributed by atoms with van der Waals surface area (Å²) >= 11 is 0. The molecule has 0 heterocycles. The molecule has 3 nitrogen and oxygen atoms in total. The monoisotopic (exact) mass is 348 g/mol. The van der Waals surface area contributed by atoms with Gasteiger partial charge in [-0.15, -0.1) is 6.58 Å². The summed E-state index contributed by atoms with van der Waals surface area (Å²) in [5, 5.41) is 0. The first-order valence-corrected chi connectivity index (χ1v) is 18.7. The number of hydrogen-bond acceptors (Lipinski definition) is 3. The average molecular weight is 349 g/mol. The Morgan fingerprint density at radius 2 is 1.20 bits per heavy atom. The maximum Gasteiger partial charge on any atom is 0.313 e. The number of rotatable bonds is 8. The SMILES string of the molecule is C=C[Si](C)(C=CC)O[Si](C)(C)O[Si](C)(C)O[Si](C)(C)C. The molecule has 0 N–H and O–H groups in total. The van der Waals surface area contributed by atoms with Crippen molar-refractivity contribution < 1.29 is 12.3 Å². The van der Waals surface area contributed by atoms with Crippen LogP contribution in [0.15, 0.2) is 24.1 Å². The van der Waals surface area contributed by atoms with Crippen LogP contribution < -0.4 is 0 Å². The third-order valence-corrected chi connectivity index (χ3v) is 16.3. The fraction of sp³-hybridized carbons (Fsp3) is 0.692. The predicted octanol–water partition coefficient (Wildman–Crippen LogP) is 4.69. The minimum Gasteiger partial charge on any atom is -0.437 e. The highest BCUT2D eigenvalue weighted by molar-refractivity contribution is 6.92. The van der Waals surface area contributed by atoms with Gasteiger partial charge in [-0.3, -0.25) is 0 Å². The molecule has 0 amide bonds. The highest BCUT2D eigenvalue weighted by atomic mass is 28.5. The van der Waals surface area contributed by atoms with Gasteiger partial charge in [0.2, 0.25) is 8.32 Å². The molecular formula is C13H32O3Si4. The van der Waals surface area contributed by atoms with E-state index in [1.807, 2.05) is 18.7 Å². The van der Waals surface area contributed by atoms with Crippen molar-refractivity contribution in [3.63, 3.8) is 0 Å². The lowest BCUT2D eigenvalue weighted by molar-refractivity contribution is 0.333. The summed E-state index contributed by atoms with van der Waals surface area (Å²) in [5.74, 6) is 0. The van der Waals surface area contributed by atoms with Crippen LogP contribution in [-0.2, 0) is 12.3 Å². The first kappa shape index (κ1) is 20.2. The molecule has 7 heteroatoms. The predicted molar refractivity (Wildman–Crippen MR) is 98.2 cm³/mol. The quantitative estimate of drug-likeness (QED) is 0.595. The second kappa shape index (κ2) is 6.99. The molecule has 20 heavy (non-hydrogen) atoms. The van der Waals surface area contributed by atoms with Crippen LogP contribution in [0.1, 0.15) is 6.92 Å². The Labute approximate surface area is 129 Å². The fourth-order valence-electron chi connectivity index (χ4n) is 2.38. The lowest BCUT2D eigenvalue weighted by Gasteiger charge is -2.39. The molecule has 1 atom stereocenters. The standard InChI is InChI=1S/C13H32O3Si4/c1-11-13-20(10,12-2)16-19(8,9)15-18(6,7)14-17(3,4)5/h11-13H,2H2,1,3-10H3. The van der Waals surface area contributed by atoms with Crippen LogP contribution in [0.3, 0.4) is 0 Å². The molecule has 0 saturated carbocycles. The topological polar surface area (TPSA) is 27.7 Å². The lowest BCUT2D eigenvalue weighted by Crippen LogP contribution is -2.55. The van der Waals surface area contributed by atoms with Crippen LogP contribution in [-0.4, -0.2) is 33.8 Å². The second-order valence-corrected chi connectivity index (χ2v) is 22.5. The van der Waals surface area contributed by atoms with Crippen LogP contribution in [0.4, 0.5) is 0 Å². The van der Waals surface area contributed by atoms with Gasteiger partial charge >= 0.3 is 17.1 Å². The Kier molecular flexibility index (Phi) is 7.07. The average Bonchev–Trinajstić information content (AvgIpc) is 2.10. The van der Waals surface area contributed by atoms with Crippen LogP contribution in [0.5, 0.6) is 0 Å². The molecule has 1 unspecified atom stereocenters. The summed E-state index contributed by atoms with van der Waals surface area (Å²) in [6, 6.07) is 0. The maximum atomic E-state index is 6.39. The summed E-state index contributed by atoms with van der Waals surface area (Å²) in [6.07, 6.45) is 2.04. The lowest BCUT2D eigenvalue weighted by atomic mass is 10.8. The molecule has 0 aromatic heterocycles. The molecule has 0 saturated heterocycles. The molecule has 0 radical (unpaired) electrons. The van der Waals surface area contributed by atoms with Crippen molar-refractivity contribution in [3.8, 4) is 0 Å². The van der Waals surface area contributed by atoms with Gasteiger partial charge < -0.3 is 12.3 Å². The van der Waals surface area contributed by atoms with E-state index < -0.39 is 33.8 Å². The summed E-state index contributed by atoms with van der Waals surface area (Å²) in [6.45, 7) is 23.1. The molecule has 0 aromatic rings. The van der Waals surface area contributed by atoms with E-state index in [0.29, 0.717) is 0 Å². The van der Waals surface area contributed by atoms with Gasteiger partial charge in [0.25, 0.3) is 0 Å². The van der Waals surface area contributed by atoms with Gasteiger partial charge in [0.15, 0.2) is 8.32 Å². The van der Waals surface area contributed by atoms with E-state index in [1.54, 1.807) is 0 Å². The van der Waals surface area contributed by atoms with Crippen molar-refractivity contribution in [1.82, 2.24) is 0 Å². The molecule has 0 aromatic carbocycles. The fourth-order valence-corrected chi connectivity index (χ4v) is 19.7. The molecule has 0 aliphatic rings. The molecule has 0 spiro atoms. The van der Waals surface area contributed by atoms with E-state index in [2.05, 4.69) is 64.7 Å².